The van der Waals surface area contributed by atoms with Crippen LogP contribution in [0.4, 0.5) is 13.2 Å². The number of rotatable bonds is 3. The average molecular weight is 272 g/mol. The van der Waals surface area contributed by atoms with E-state index in [-0.39, 0.29) is 29.5 Å². The quantitative estimate of drug-likeness (QED) is 0.919. The predicted molar refractivity (Wildman–Crippen MR) is 59.8 cm³/mol. The highest BCUT2D eigenvalue weighted by molar-refractivity contribution is 5.85. The van der Waals surface area contributed by atoms with Gasteiger partial charge in [0.15, 0.2) is 0 Å². The Hall–Kier alpha value is -1.14. The van der Waals surface area contributed by atoms with Crippen molar-refractivity contribution >= 4 is 12.4 Å². The summed E-state index contributed by atoms with van der Waals surface area (Å²) in [5.74, 6) is 0.119. The maximum absolute atomic E-state index is 12.5. The second-order valence-electron chi connectivity index (χ2n) is 3.10. The summed E-state index contributed by atoms with van der Waals surface area (Å²) >= 11 is 0. The largest absolute Gasteiger partial charge is 0.496 e. The molecule has 0 fully saturated rings. The minimum absolute atomic E-state index is 0. The molecular weight excluding hydrogens is 259 g/mol. The molecule has 98 valence electrons. The molecule has 0 saturated carbocycles. The van der Waals surface area contributed by atoms with E-state index in [4.69, 9.17) is 15.2 Å². The first-order valence-corrected chi connectivity index (χ1v) is 4.45. The molecular formula is C10H13ClF3NO2. The van der Waals surface area contributed by atoms with E-state index in [2.05, 4.69) is 0 Å². The number of methoxy groups -OCH3 is 2. The molecule has 0 saturated heterocycles. The molecule has 7 heteroatoms. The lowest BCUT2D eigenvalue weighted by Gasteiger charge is -2.20. The standard InChI is InChI=1S/C10H12F3NO2.ClH/c1-15-6-4-3-5-7(16-2)8(6)9(14)10(11,12)13;/h3-5,9H,14H2,1-2H3;1H/t9-;/m1./s1. The third kappa shape index (κ3) is 3.41. The van der Waals surface area contributed by atoms with Crippen LogP contribution in [0.1, 0.15) is 11.6 Å². The van der Waals surface area contributed by atoms with Crippen LogP contribution < -0.4 is 15.2 Å². The summed E-state index contributed by atoms with van der Waals surface area (Å²) in [5, 5.41) is 0. The van der Waals surface area contributed by atoms with Gasteiger partial charge in [-0.05, 0) is 12.1 Å². The van der Waals surface area contributed by atoms with Gasteiger partial charge in [0.05, 0.1) is 19.8 Å². The van der Waals surface area contributed by atoms with Gasteiger partial charge in [-0.2, -0.15) is 13.2 Å². The van der Waals surface area contributed by atoms with Crippen LogP contribution in [-0.4, -0.2) is 20.4 Å². The van der Waals surface area contributed by atoms with Gasteiger partial charge in [-0.25, -0.2) is 0 Å². The first kappa shape index (κ1) is 15.9. The van der Waals surface area contributed by atoms with E-state index in [9.17, 15) is 13.2 Å². The molecule has 0 aliphatic carbocycles. The zero-order valence-corrected chi connectivity index (χ0v) is 10.1. The summed E-state index contributed by atoms with van der Waals surface area (Å²) in [6, 6.07) is 2.22. The van der Waals surface area contributed by atoms with Crippen LogP contribution in [0, 0.1) is 0 Å². The maximum Gasteiger partial charge on any atom is 0.407 e. The Morgan fingerprint density at radius 1 is 1.12 bits per heavy atom. The topological polar surface area (TPSA) is 44.5 Å². The summed E-state index contributed by atoms with van der Waals surface area (Å²) in [6.45, 7) is 0. The van der Waals surface area contributed by atoms with Crippen molar-refractivity contribution in [3.8, 4) is 11.5 Å². The summed E-state index contributed by atoms with van der Waals surface area (Å²) in [5.41, 5.74) is 4.95. The van der Waals surface area contributed by atoms with Gasteiger partial charge in [0.2, 0.25) is 0 Å². The molecule has 3 nitrogen and oxygen atoms in total. The van der Waals surface area contributed by atoms with Crippen molar-refractivity contribution in [2.24, 2.45) is 5.73 Å². The number of hydrogen-bond donors (Lipinski definition) is 1. The van der Waals surface area contributed by atoms with E-state index in [0.717, 1.165) is 0 Å². The fourth-order valence-corrected chi connectivity index (χ4v) is 1.35. The van der Waals surface area contributed by atoms with Crippen molar-refractivity contribution in [1.82, 2.24) is 0 Å². The van der Waals surface area contributed by atoms with Crippen LogP contribution in [0.25, 0.3) is 0 Å². The molecule has 2 N–H and O–H groups in total. The molecule has 0 unspecified atom stereocenters. The monoisotopic (exact) mass is 271 g/mol. The lowest BCUT2D eigenvalue weighted by molar-refractivity contribution is -0.149. The third-order valence-electron chi connectivity index (χ3n) is 2.13. The smallest absolute Gasteiger partial charge is 0.407 e. The van der Waals surface area contributed by atoms with E-state index >= 15 is 0 Å². The van der Waals surface area contributed by atoms with Crippen LogP contribution in [0.2, 0.25) is 0 Å². The molecule has 1 rings (SSSR count). The predicted octanol–water partition coefficient (Wildman–Crippen LogP) is 2.69. The highest BCUT2D eigenvalue weighted by atomic mass is 35.5. The molecule has 17 heavy (non-hydrogen) atoms. The minimum atomic E-state index is -4.54. The highest BCUT2D eigenvalue weighted by Crippen LogP contribution is 2.40. The molecule has 0 bridgehead atoms. The fourth-order valence-electron chi connectivity index (χ4n) is 1.35. The number of halogens is 4. The molecule has 0 spiro atoms. The van der Waals surface area contributed by atoms with E-state index in [1.165, 1.54) is 32.4 Å². The molecule has 0 heterocycles. The van der Waals surface area contributed by atoms with Gasteiger partial charge < -0.3 is 15.2 Å². The molecule has 0 aliphatic heterocycles. The van der Waals surface area contributed by atoms with Gasteiger partial charge in [0.1, 0.15) is 17.5 Å². The van der Waals surface area contributed by atoms with E-state index in [1.807, 2.05) is 0 Å². The Morgan fingerprint density at radius 2 is 1.53 bits per heavy atom. The first-order valence-electron chi connectivity index (χ1n) is 4.45. The SMILES string of the molecule is COc1cccc(OC)c1[C@@H](N)C(F)(F)F.Cl. The van der Waals surface area contributed by atoms with Crippen LogP contribution >= 0.6 is 12.4 Å². The molecule has 0 aromatic heterocycles. The molecule has 1 aromatic carbocycles. The van der Waals surface area contributed by atoms with Crippen LogP contribution in [0.3, 0.4) is 0 Å². The van der Waals surface area contributed by atoms with Crippen molar-refractivity contribution in [2.45, 2.75) is 12.2 Å². The molecule has 0 radical (unpaired) electrons. The number of benzene rings is 1. The Kier molecular flexibility index (Phi) is 5.57. The number of hydrogen-bond acceptors (Lipinski definition) is 3. The van der Waals surface area contributed by atoms with Crippen molar-refractivity contribution in [2.75, 3.05) is 14.2 Å². The Balaban J connectivity index is 0.00000256. The summed E-state index contributed by atoms with van der Waals surface area (Å²) < 4.78 is 47.3. The first-order chi connectivity index (χ1) is 7.41. The average Bonchev–Trinajstić information content (AvgIpc) is 2.25. The van der Waals surface area contributed by atoms with Crippen molar-refractivity contribution < 1.29 is 22.6 Å². The van der Waals surface area contributed by atoms with Gasteiger partial charge in [-0.15, -0.1) is 12.4 Å². The van der Waals surface area contributed by atoms with Gasteiger partial charge in [-0.1, -0.05) is 6.07 Å². The van der Waals surface area contributed by atoms with E-state index in [0.29, 0.717) is 0 Å². The number of nitrogens with two attached hydrogens (primary N) is 1. The fraction of sp³-hybridized carbons (Fsp3) is 0.400. The van der Waals surface area contributed by atoms with Gasteiger partial charge in [0, 0.05) is 0 Å². The second kappa shape index (κ2) is 5.97. The lowest BCUT2D eigenvalue weighted by atomic mass is 10.0. The van der Waals surface area contributed by atoms with Crippen LogP contribution in [0.5, 0.6) is 11.5 Å². The maximum atomic E-state index is 12.5. The van der Waals surface area contributed by atoms with Gasteiger partial charge >= 0.3 is 6.18 Å². The third-order valence-corrected chi connectivity index (χ3v) is 2.13. The number of ether oxygens (including phenoxy) is 2. The van der Waals surface area contributed by atoms with Gasteiger partial charge in [-0.3, -0.25) is 0 Å². The van der Waals surface area contributed by atoms with Crippen molar-refractivity contribution in [1.29, 1.82) is 0 Å². The number of alkyl halides is 3. The molecule has 1 aromatic rings. The highest BCUT2D eigenvalue weighted by Gasteiger charge is 2.41. The summed E-state index contributed by atoms with van der Waals surface area (Å²) in [4.78, 5) is 0. The molecule has 1 atom stereocenters. The summed E-state index contributed by atoms with van der Waals surface area (Å²) in [6.07, 6.45) is -4.54. The summed E-state index contributed by atoms with van der Waals surface area (Å²) in [7, 11) is 2.56. The normalized spacial score (nSPS) is 12.6. The lowest BCUT2D eigenvalue weighted by Crippen LogP contribution is -2.29. The minimum Gasteiger partial charge on any atom is -0.496 e. The van der Waals surface area contributed by atoms with Crippen molar-refractivity contribution in [3.63, 3.8) is 0 Å². The van der Waals surface area contributed by atoms with Crippen molar-refractivity contribution in [3.05, 3.63) is 23.8 Å². The second-order valence-corrected chi connectivity index (χ2v) is 3.10. The zero-order chi connectivity index (χ0) is 12.3. The molecule has 0 aliphatic rings. The van der Waals surface area contributed by atoms with Crippen LogP contribution in [0.15, 0.2) is 18.2 Å². The Morgan fingerprint density at radius 3 is 1.82 bits per heavy atom. The van der Waals surface area contributed by atoms with E-state index < -0.39 is 12.2 Å². The van der Waals surface area contributed by atoms with E-state index in [1.54, 1.807) is 0 Å². The Bertz CT molecular complexity index is 349. The van der Waals surface area contributed by atoms with Crippen LogP contribution in [-0.2, 0) is 0 Å². The van der Waals surface area contributed by atoms with Gasteiger partial charge in [0.25, 0.3) is 0 Å². The zero-order valence-electron chi connectivity index (χ0n) is 9.25. The molecule has 0 amide bonds. The Labute approximate surface area is 103 Å².